The topological polar surface area (TPSA) is 50.4 Å². The van der Waals surface area contributed by atoms with Gasteiger partial charge in [-0.15, -0.1) is 11.3 Å². The van der Waals surface area contributed by atoms with E-state index in [0.29, 0.717) is 10.6 Å². The Bertz CT molecular complexity index is 1050. The second-order valence-electron chi connectivity index (χ2n) is 6.10. The molecule has 1 heterocycles. The van der Waals surface area contributed by atoms with Gasteiger partial charge in [-0.3, -0.25) is 0 Å². The number of halogens is 3. The first kappa shape index (κ1) is 21.8. The number of thiocarbonyl (C=S) groups is 1. The lowest BCUT2D eigenvalue weighted by molar-refractivity contribution is -0.137. The van der Waals surface area contributed by atoms with Crippen molar-refractivity contribution in [2.75, 3.05) is 17.2 Å². The lowest BCUT2D eigenvalue weighted by Crippen LogP contribution is -2.20. The predicted molar refractivity (Wildman–Crippen MR) is 117 cm³/mol. The number of esters is 1. The third-order valence-electron chi connectivity index (χ3n) is 3.96. The van der Waals surface area contributed by atoms with Crippen molar-refractivity contribution in [2.24, 2.45) is 0 Å². The van der Waals surface area contributed by atoms with E-state index in [1.165, 1.54) is 23.5 Å². The van der Waals surface area contributed by atoms with E-state index < -0.39 is 17.7 Å². The second kappa shape index (κ2) is 9.27. The average molecular weight is 451 g/mol. The highest BCUT2D eigenvalue weighted by atomic mass is 32.1. The molecule has 4 nitrogen and oxygen atoms in total. The van der Waals surface area contributed by atoms with Gasteiger partial charge in [0.15, 0.2) is 5.11 Å². The van der Waals surface area contributed by atoms with Crippen LogP contribution in [0.5, 0.6) is 0 Å². The standard InChI is InChI=1S/C21H17F3N2O2S2/c1-2-28-19(27)16-12-17(13-7-4-3-5-8-13)30-18(16)26-20(29)25-15-10-6-9-14(11-15)21(22,23)24/h3-12H,2H2,1H3,(H2,25,26,29). The number of hydrogen-bond donors (Lipinski definition) is 2. The molecule has 0 aliphatic rings. The van der Waals surface area contributed by atoms with Crippen LogP contribution >= 0.6 is 23.6 Å². The lowest BCUT2D eigenvalue weighted by atomic mass is 10.1. The summed E-state index contributed by atoms with van der Waals surface area (Å²) < 4.78 is 43.8. The van der Waals surface area contributed by atoms with Crippen molar-refractivity contribution in [3.05, 3.63) is 71.8 Å². The van der Waals surface area contributed by atoms with Gasteiger partial charge in [-0.2, -0.15) is 13.2 Å². The van der Waals surface area contributed by atoms with Crippen molar-refractivity contribution in [1.29, 1.82) is 0 Å². The van der Waals surface area contributed by atoms with Crippen molar-refractivity contribution in [3.8, 4) is 10.4 Å². The smallest absolute Gasteiger partial charge is 0.416 e. The summed E-state index contributed by atoms with van der Waals surface area (Å²) in [4.78, 5) is 13.2. The van der Waals surface area contributed by atoms with Crippen LogP contribution in [0.15, 0.2) is 60.7 Å². The van der Waals surface area contributed by atoms with Gasteiger partial charge in [-0.1, -0.05) is 36.4 Å². The van der Waals surface area contributed by atoms with Crippen molar-refractivity contribution in [2.45, 2.75) is 13.1 Å². The minimum atomic E-state index is -4.46. The van der Waals surface area contributed by atoms with Gasteiger partial charge in [0.2, 0.25) is 0 Å². The molecule has 156 valence electrons. The zero-order valence-electron chi connectivity index (χ0n) is 15.7. The number of thiophene rings is 1. The molecule has 0 saturated carbocycles. The number of benzene rings is 2. The molecule has 0 unspecified atom stereocenters. The van der Waals surface area contributed by atoms with E-state index in [2.05, 4.69) is 10.6 Å². The summed E-state index contributed by atoms with van der Waals surface area (Å²) in [5.74, 6) is -0.514. The molecule has 3 aromatic rings. The van der Waals surface area contributed by atoms with Crippen LogP contribution in [0.4, 0.5) is 23.9 Å². The van der Waals surface area contributed by atoms with Gasteiger partial charge in [0.1, 0.15) is 5.00 Å². The maximum Gasteiger partial charge on any atom is 0.416 e. The molecule has 0 aliphatic heterocycles. The van der Waals surface area contributed by atoms with Crippen LogP contribution in [0.25, 0.3) is 10.4 Å². The summed E-state index contributed by atoms with van der Waals surface area (Å²) >= 11 is 6.54. The van der Waals surface area contributed by atoms with Gasteiger partial charge >= 0.3 is 12.1 Å². The second-order valence-corrected chi connectivity index (χ2v) is 7.56. The number of ether oxygens (including phenoxy) is 1. The van der Waals surface area contributed by atoms with Crippen molar-refractivity contribution in [3.63, 3.8) is 0 Å². The summed E-state index contributed by atoms with van der Waals surface area (Å²) in [6.45, 7) is 1.91. The molecule has 0 atom stereocenters. The van der Waals surface area contributed by atoms with Crippen LogP contribution in [-0.2, 0) is 10.9 Å². The summed E-state index contributed by atoms with van der Waals surface area (Å²) in [5.41, 5.74) is 0.608. The van der Waals surface area contributed by atoms with Crippen LogP contribution in [0, 0.1) is 0 Å². The first-order valence-corrected chi connectivity index (χ1v) is 10.1. The Kier molecular flexibility index (Phi) is 6.73. The first-order valence-electron chi connectivity index (χ1n) is 8.89. The van der Waals surface area contributed by atoms with Crippen molar-refractivity contribution >= 4 is 45.3 Å². The number of alkyl halides is 3. The van der Waals surface area contributed by atoms with Gasteiger partial charge in [0, 0.05) is 10.6 Å². The molecule has 0 amide bonds. The molecule has 9 heteroatoms. The lowest BCUT2D eigenvalue weighted by Gasteiger charge is -2.12. The molecule has 2 aromatic carbocycles. The van der Waals surface area contributed by atoms with E-state index in [-0.39, 0.29) is 17.4 Å². The monoisotopic (exact) mass is 450 g/mol. The number of rotatable bonds is 5. The molecule has 0 saturated heterocycles. The number of anilines is 2. The summed E-state index contributed by atoms with van der Waals surface area (Å²) in [7, 11) is 0. The number of nitrogens with one attached hydrogen (secondary N) is 2. The third-order valence-corrected chi connectivity index (χ3v) is 5.26. The Morgan fingerprint density at radius 1 is 1.07 bits per heavy atom. The number of carbonyl (C=O) groups excluding carboxylic acids is 1. The van der Waals surface area contributed by atoms with E-state index >= 15 is 0 Å². The highest BCUT2D eigenvalue weighted by Gasteiger charge is 2.30. The van der Waals surface area contributed by atoms with E-state index in [1.54, 1.807) is 13.0 Å². The van der Waals surface area contributed by atoms with Crippen molar-refractivity contribution < 1.29 is 22.7 Å². The van der Waals surface area contributed by atoms with Gasteiger partial charge in [0.05, 0.1) is 17.7 Å². The van der Waals surface area contributed by atoms with E-state index in [0.717, 1.165) is 22.6 Å². The SMILES string of the molecule is CCOC(=O)c1cc(-c2ccccc2)sc1NC(=S)Nc1cccc(C(F)(F)F)c1. The first-order chi connectivity index (χ1) is 14.3. The Morgan fingerprint density at radius 3 is 2.47 bits per heavy atom. The van der Waals surface area contributed by atoms with Crippen LogP contribution < -0.4 is 10.6 Å². The maximum atomic E-state index is 12.9. The molecular weight excluding hydrogens is 433 g/mol. The number of hydrogen-bond acceptors (Lipinski definition) is 4. The van der Waals surface area contributed by atoms with Crippen molar-refractivity contribution in [1.82, 2.24) is 0 Å². The summed E-state index contributed by atoms with van der Waals surface area (Å²) in [6.07, 6.45) is -4.46. The fourth-order valence-corrected chi connectivity index (χ4v) is 3.97. The molecule has 1 aromatic heterocycles. The van der Waals surface area contributed by atoms with E-state index in [4.69, 9.17) is 17.0 Å². The van der Waals surface area contributed by atoms with Gasteiger partial charge in [-0.25, -0.2) is 4.79 Å². The van der Waals surface area contributed by atoms with Crippen LogP contribution in [-0.4, -0.2) is 17.7 Å². The van der Waals surface area contributed by atoms with Gasteiger partial charge in [0.25, 0.3) is 0 Å². The van der Waals surface area contributed by atoms with Crippen LogP contribution in [0.2, 0.25) is 0 Å². The zero-order chi connectivity index (χ0) is 21.7. The highest BCUT2D eigenvalue weighted by molar-refractivity contribution is 7.80. The fourth-order valence-electron chi connectivity index (χ4n) is 2.63. The summed E-state index contributed by atoms with van der Waals surface area (Å²) in [6, 6.07) is 15.9. The summed E-state index contributed by atoms with van der Waals surface area (Å²) in [5, 5.41) is 6.13. The maximum absolute atomic E-state index is 12.9. The highest BCUT2D eigenvalue weighted by Crippen LogP contribution is 2.36. The van der Waals surface area contributed by atoms with Gasteiger partial charge in [-0.05, 0) is 49.0 Å². The molecule has 0 aliphatic carbocycles. The molecule has 0 spiro atoms. The minimum absolute atomic E-state index is 0.0568. The van der Waals surface area contributed by atoms with Crippen LogP contribution in [0.1, 0.15) is 22.8 Å². The molecule has 0 radical (unpaired) electrons. The predicted octanol–water partition coefficient (Wildman–Crippen LogP) is 6.42. The molecule has 2 N–H and O–H groups in total. The molecule has 0 bridgehead atoms. The zero-order valence-corrected chi connectivity index (χ0v) is 17.4. The quantitative estimate of drug-likeness (QED) is 0.347. The molecule has 0 fully saturated rings. The largest absolute Gasteiger partial charge is 0.462 e. The normalized spacial score (nSPS) is 11.1. The molecule has 30 heavy (non-hydrogen) atoms. The molecule has 3 rings (SSSR count). The Hall–Kier alpha value is -2.91. The fraction of sp³-hybridized carbons (Fsp3) is 0.143. The Balaban J connectivity index is 1.83. The van der Waals surface area contributed by atoms with E-state index in [1.807, 2.05) is 30.3 Å². The van der Waals surface area contributed by atoms with Gasteiger partial charge < -0.3 is 15.4 Å². The third kappa shape index (κ3) is 5.37. The Labute approximate surface area is 180 Å². The van der Waals surface area contributed by atoms with E-state index in [9.17, 15) is 18.0 Å². The number of carbonyl (C=O) groups is 1. The Morgan fingerprint density at radius 2 is 1.80 bits per heavy atom. The van der Waals surface area contributed by atoms with Crippen LogP contribution in [0.3, 0.4) is 0 Å². The molecular formula is C21H17F3N2O2S2. The minimum Gasteiger partial charge on any atom is -0.462 e. The average Bonchev–Trinajstić information content (AvgIpc) is 3.12.